The zero-order valence-corrected chi connectivity index (χ0v) is 16.1. The number of carbonyl (C=O) groups is 2. The predicted molar refractivity (Wildman–Crippen MR) is 106 cm³/mol. The molecule has 1 heterocycles. The molecule has 0 unspecified atom stereocenters. The van der Waals surface area contributed by atoms with E-state index in [0.717, 1.165) is 22.1 Å². The van der Waals surface area contributed by atoms with E-state index in [1.54, 1.807) is 36.8 Å². The van der Waals surface area contributed by atoms with Gasteiger partial charge in [0.1, 0.15) is 0 Å². The maximum atomic E-state index is 12.0. The summed E-state index contributed by atoms with van der Waals surface area (Å²) >= 11 is 3.32. The third-order valence-electron chi connectivity index (χ3n) is 3.95. The zero-order valence-electron chi connectivity index (χ0n) is 14.6. The van der Waals surface area contributed by atoms with Crippen LogP contribution in [-0.4, -0.2) is 27.9 Å². The Hall–Kier alpha value is -2.93. The summed E-state index contributed by atoms with van der Waals surface area (Å²) in [7, 11) is 0. The molecule has 0 fully saturated rings. The van der Waals surface area contributed by atoms with Crippen molar-refractivity contribution < 1.29 is 9.59 Å². The highest BCUT2D eigenvalue weighted by Gasteiger charge is 2.08. The normalized spacial score (nSPS) is 10.4. The van der Waals surface area contributed by atoms with Crippen LogP contribution >= 0.6 is 15.9 Å². The summed E-state index contributed by atoms with van der Waals surface area (Å²) < 4.78 is 2.89. The Morgan fingerprint density at radius 2 is 1.67 bits per heavy atom. The van der Waals surface area contributed by atoms with Gasteiger partial charge in [0.2, 0.25) is 5.91 Å². The average Bonchev–Trinajstić information content (AvgIpc) is 3.19. The summed E-state index contributed by atoms with van der Waals surface area (Å²) in [6.45, 7) is 1.11. The Morgan fingerprint density at radius 1 is 0.963 bits per heavy atom. The topological polar surface area (TPSA) is 76.0 Å². The van der Waals surface area contributed by atoms with Gasteiger partial charge in [-0.05, 0) is 35.4 Å². The van der Waals surface area contributed by atoms with E-state index in [4.69, 9.17) is 0 Å². The molecule has 0 spiro atoms. The SMILES string of the molecule is O=C(CNC(=O)c1ccc(Br)cc1)NCc1ccc(Cn2ccnc2)cc1. The van der Waals surface area contributed by atoms with E-state index in [9.17, 15) is 9.59 Å². The Kier molecular flexibility index (Phi) is 6.38. The van der Waals surface area contributed by atoms with Crippen molar-refractivity contribution in [1.29, 1.82) is 0 Å². The highest BCUT2D eigenvalue weighted by Crippen LogP contribution is 2.10. The lowest BCUT2D eigenvalue weighted by molar-refractivity contribution is -0.120. The Labute approximate surface area is 165 Å². The molecule has 7 heteroatoms. The van der Waals surface area contributed by atoms with E-state index in [1.165, 1.54) is 0 Å². The van der Waals surface area contributed by atoms with Crippen molar-refractivity contribution in [3.05, 3.63) is 88.4 Å². The van der Waals surface area contributed by atoms with Gasteiger partial charge >= 0.3 is 0 Å². The van der Waals surface area contributed by atoms with Crippen molar-refractivity contribution in [2.24, 2.45) is 0 Å². The van der Waals surface area contributed by atoms with E-state index < -0.39 is 0 Å². The Morgan fingerprint density at radius 3 is 2.33 bits per heavy atom. The summed E-state index contributed by atoms with van der Waals surface area (Å²) in [6.07, 6.45) is 5.44. The first-order chi connectivity index (χ1) is 13.1. The lowest BCUT2D eigenvalue weighted by Crippen LogP contribution is -2.36. The van der Waals surface area contributed by atoms with Crippen molar-refractivity contribution in [1.82, 2.24) is 20.2 Å². The number of hydrogen-bond acceptors (Lipinski definition) is 3. The molecule has 2 N–H and O–H groups in total. The fraction of sp³-hybridized carbons (Fsp3) is 0.150. The van der Waals surface area contributed by atoms with Gasteiger partial charge in [-0.15, -0.1) is 0 Å². The number of nitrogens with one attached hydrogen (secondary N) is 2. The van der Waals surface area contributed by atoms with Gasteiger partial charge in [-0.1, -0.05) is 40.2 Å². The quantitative estimate of drug-likeness (QED) is 0.609. The smallest absolute Gasteiger partial charge is 0.251 e. The predicted octanol–water partition coefficient (Wildman–Crippen LogP) is 2.74. The number of aromatic nitrogens is 2. The van der Waals surface area contributed by atoms with Crippen molar-refractivity contribution in [3.63, 3.8) is 0 Å². The molecule has 6 nitrogen and oxygen atoms in total. The molecule has 27 heavy (non-hydrogen) atoms. The van der Waals surface area contributed by atoms with Crippen molar-refractivity contribution in [2.75, 3.05) is 6.54 Å². The first-order valence-corrected chi connectivity index (χ1v) is 9.23. The Balaban J connectivity index is 1.42. The lowest BCUT2D eigenvalue weighted by atomic mass is 10.1. The van der Waals surface area contributed by atoms with Gasteiger partial charge in [0.05, 0.1) is 12.9 Å². The van der Waals surface area contributed by atoms with Crippen LogP contribution in [0, 0.1) is 0 Å². The van der Waals surface area contributed by atoms with E-state index >= 15 is 0 Å². The third-order valence-corrected chi connectivity index (χ3v) is 4.48. The summed E-state index contributed by atoms with van der Waals surface area (Å²) in [5.41, 5.74) is 2.67. The fourth-order valence-corrected chi connectivity index (χ4v) is 2.74. The summed E-state index contributed by atoms with van der Waals surface area (Å²) in [4.78, 5) is 28.0. The van der Waals surface area contributed by atoms with E-state index in [0.29, 0.717) is 12.1 Å². The van der Waals surface area contributed by atoms with E-state index in [-0.39, 0.29) is 18.4 Å². The van der Waals surface area contributed by atoms with Crippen LogP contribution in [0.1, 0.15) is 21.5 Å². The number of imidazole rings is 1. The van der Waals surface area contributed by atoms with Gasteiger partial charge in [0, 0.05) is 35.5 Å². The van der Waals surface area contributed by atoms with E-state index in [2.05, 4.69) is 31.5 Å². The molecule has 0 bridgehead atoms. The largest absolute Gasteiger partial charge is 0.350 e. The van der Waals surface area contributed by atoms with Gasteiger partial charge in [-0.3, -0.25) is 9.59 Å². The number of hydrogen-bond donors (Lipinski definition) is 2. The number of carbonyl (C=O) groups excluding carboxylic acids is 2. The highest BCUT2D eigenvalue weighted by atomic mass is 79.9. The van der Waals surface area contributed by atoms with Gasteiger partial charge in [0.15, 0.2) is 0 Å². The van der Waals surface area contributed by atoms with Crippen LogP contribution < -0.4 is 10.6 Å². The summed E-state index contributed by atoms with van der Waals surface area (Å²) in [5, 5.41) is 5.42. The average molecular weight is 427 g/mol. The first-order valence-electron chi connectivity index (χ1n) is 8.44. The van der Waals surface area contributed by atoms with Crippen LogP contribution in [-0.2, 0) is 17.9 Å². The van der Waals surface area contributed by atoms with Crippen LogP contribution in [0.15, 0.2) is 71.7 Å². The van der Waals surface area contributed by atoms with E-state index in [1.807, 2.05) is 35.0 Å². The second-order valence-corrected chi connectivity index (χ2v) is 6.93. The third kappa shape index (κ3) is 5.79. The molecule has 0 aliphatic rings. The molecule has 2 amide bonds. The summed E-state index contributed by atoms with van der Waals surface area (Å²) in [5.74, 6) is -0.510. The molecular formula is C20H19BrN4O2. The van der Waals surface area contributed by atoms with Crippen LogP contribution in [0.25, 0.3) is 0 Å². The minimum atomic E-state index is -0.276. The maximum Gasteiger partial charge on any atom is 0.251 e. The molecule has 0 aliphatic carbocycles. The molecule has 0 saturated carbocycles. The summed E-state index contributed by atoms with van der Waals surface area (Å²) in [6, 6.07) is 15.0. The van der Waals surface area contributed by atoms with Crippen LogP contribution in [0.5, 0.6) is 0 Å². The van der Waals surface area contributed by atoms with Gasteiger partial charge < -0.3 is 15.2 Å². The second-order valence-electron chi connectivity index (χ2n) is 6.02. The number of halogens is 1. The zero-order chi connectivity index (χ0) is 19.1. The minimum absolute atomic E-state index is 0.0619. The molecular weight excluding hydrogens is 408 g/mol. The molecule has 0 radical (unpaired) electrons. The van der Waals surface area contributed by atoms with Crippen LogP contribution in [0.3, 0.4) is 0 Å². The maximum absolute atomic E-state index is 12.0. The monoisotopic (exact) mass is 426 g/mol. The highest BCUT2D eigenvalue weighted by molar-refractivity contribution is 9.10. The number of amides is 2. The second kappa shape index (κ2) is 9.14. The van der Waals surface area contributed by atoms with Gasteiger partial charge in [-0.2, -0.15) is 0 Å². The van der Waals surface area contributed by atoms with Crippen LogP contribution in [0.4, 0.5) is 0 Å². The molecule has 3 aromatic rings. The minimum Gasteiger partial charge on any atom is -0.350 e. The van der Waals surface area contributed by atoms with Crippen LogP contribution in [0.2, 0.25) is 0 Å². The number of nitrogens with zero attached hydrogens (tertiary/aromatic N) is 2. The molecule has 2 aromatic carbocycles. The fourth-order valence-electron chi connectivity index (χ4n) is 2.48. The molecule has 0 saturated heterocycles. The van der Waals surface area contributed by atoms with Crippen molar-refractivity contribution in [3.8, 4) is 0 Å². The molecule has 138 valence electrons. The van der Waals surface area contributed by atoms with Gasteiger partial charge in [-0.25, -0.2) is 4.98 Å². The Bertz CT molecular complexity index is 891. The molecule has 3 rings (SSSR count). The molecule has 0 aliphatic heterocycles. The van der Waals surface area contributed by atoms with Gasteiger partial charge in [0.25, 0.3) is 5.91 Å². The van der Waals surface area contributed by atoms with Crippen molar-refractivity contribution in [2.45, 2.75) is 13.1 Å². The molecule has 1 aromatic heterocycles. The standard InChI is InChI=1S/C20H19BrN4O2/c21-18-7-5-17(6-8-18)20(27)24-12-19(26)23-11-15-1-3-16(4-2-15)13-25-10-9-22-14-25/h1-10,14H,11-13H2,(H,23,26)(H,24,27). The van der Waals surface area contributed by atoms with Crippen molar-refractivity contribution >= 4 is 27.7 Å². The number of rotatable bonds is 7. The first kappa shape index (κ1) is 18.8. The molecule has 0 atom stereocenters. The lowest BCUT2D eigenvalue weighted by Gasteiger charge is -2.08. The number of benzene rings is 2.